The van der Waals surface area contributed by atoms with Crippen LogP contribution in [-0.2, 0) is 18.9 Å². The third kappa shape index (κ3) is 6.56. The van der Waals surface area contributed by atoms with E-state index in [4.69, 9.17) is 18.9 Å². The topological polar surface area (TPSA) is 311 Å². The third-order valence-electron chi connectivity index (χ3n) is 6.40. The van der Waals surface area contributed by atoms with Crippen LogP contribution in [-0.4, -0.2) is 111 Å². The van der Waals surface area contributed by atoms with Gasteiger partial charge in [-0.3, -0.25) is 0 Å². The van der Waals surface area contributed by atoms with Gasteiger partial charge in [-0.25, -0.2) is 14.4 Å². The van der Waals surface area contributed by atoms with E-state index >= 15 is 0 Å². The zero-order chi connectivity index (χ0) is 33.3. The van der Waals surface area contributed by atoms with Crippen LogP contribution in [0.1, 0.15) is 31.1 Å². The lowest BCUT2D eigenvalue weighted by Gasteiger charge is -2.41. The summed E-state index contributed by atoms with van der Waals surface area (Å²) in [5.41, 5.74) is -1.62. The predicted molar refractivity (Wildman–Crippen MR) is 140 cm³/mol. The Morgan fingerprint density at radius 2 is 0.911 bits per heavy atom. The molecule has 1 fully saturated rings. The van der Waals surface area contributed by atoms with Gasteiger partial charge in [-0.1, -0.05) is 0 Å². The lowest BCUT2D eigenvalue weighted by Crippen LogP contribution is -2.61. The summed E-state index contributed by atoms with van der Waals surface area (Å²) in [6.45, 7) is -0.918. The highest BCUT2D eigenvalue weighted by atomic mass is 16.7. The lowest BCUT2D eigenvalue weighted by molar-refractivity contribution is -0.284. The molecule has 18 heteroatoms. The summed E-state index contributed by atoms with van der Waals surface area (Å²) in [6, 6.07) is 4.20. The van der Waals surface area contributed by atoms with Gasteiger partial charge in [0.25, 0.3) is 0 Å². The molecule has 3 aromatic rings. The maximum absolute atomic E-state index is 12.8. The standard InChI is InChI=1S/C27H24O18/c28-11-1-8(2-12(29)18(11)34)24(39)42-7-17-21(37)23(44-25(40)9-3-13(30)19(35)14(31)4-9)22(38)27(43-17)45-26(41)10-5-15(32)20(36)16(33)6-10/h1-6,17,21-23,27-38H,7H2/t17-,21+,22+,23-,27+/m0/s1. The van der Waals surface area contributed by atoms with Crippen molar-refractivity contribution in [2.75, 3.05) is 6.61 Å². The highest BCUT2D eigenvalue weighted by molar-refractivity contribution is 5.92. The molecule has 1 saturated heterocycles. The van der Waals surface area contributed by atoms with Crippen molar-refractivity contribution in [3.8, 4) is 51.7 Å². The fourth-order valence-corrected chi connectivity index (χ4v) is 4.05. The number of carbonyl (C=O) groups is 3. The number of rotatable bonds is 7. The number of hydrogen-bond acceptors (Lipinski definition) is 18. The fourth-order valence-electron chi connectivity index (χ4n) is 4.05. The van der Waals surface area contributed by atoms with E-state index in [0.29, 0.717) is 24.3 Å². The van der Waals surface area contributed by atoms with E-state index in [9.17, 15) is 70.6 Å². The molecule has 45 heavy (non-hydrogen) atoms. The highest BCUT2D eigenvalue weighted by Crippen LogP contribution is 2.38. The molecule has 0 aromatic heterocycles. The van der Waals surface area contributed by atoms with Crippen LogP contribution in [0.2, 0.25) is 0 Å². The number of phenolic OH excluding ortho intramolecular Hbond substituents is 9. The van der Waals surface area contributed by atoms with Gasteiger partial charge in [-0.2, -0.15) is 0 Å². The smallest absolute Gasteiger partial charge is 0.340 e. The number of benzene rings is 3. The van der Waals surface area contributed by atoms with Gasteiger partial charge in [-0.15, -0.1) is 0 Å². The fraction of sp³-hybridized carbons (Fsp3) is 0.222. The zero-order valence-electron chi connectivity index (χ0n) is 22.3. The SMILES string of the molecule is O=C(OC[C@@H]1O[C@H](OC(=O)c2cc(O)c(O)c(O)c2)[C@H](O)[C@@H](OC(=O)c2cc(O)c(O)c(O)c2)[C@@H]1O)c1cc(O)c(O)c(O)c1. The molecule has 11 N–H and O–H groups in total. The Bertz CT molecular complexity index is 1580. The molecule has 1 heterocycles. The molecule has 18 nitrogen and oxygen atoms in total. The first-order chi connectivity index (χ1) is 21.1. The Balaban J connectivity index is 1.59. The number of phenols is 9. The molecule has 0 aliphatic carbocycles. The van der Waals surface area contributed by atoms with E-state index in [0.717, 1.165) is 12.1 Å². The molecule has 240 valence electrons. The van der Waals surface area contributed by atoms with Crippen molar-refractivity contribution in [1.82, 2.24) is 0 Å². The minimum atomic E-state index is -2.19. The third-order valence-corrected chi connectivity index (χ3v) is 6.40. The highest BCUT2D eigenvalue weighted by Gasteiger charge is 2.49. The number of ether oxygens (including phenoxy) is 4. The Morgan fingerprint density at radius 1 is 0.556 bits per heavy atom. The molecule has 0 bridgehead atoms. The molecule has 0 amide bonds. The summed E-state index contributed by atoms with van der Waals surface area (Å²) in [7, 11) is 0. The van der Waals surface area contributed by atoms with Gasteiger partial charge in [0.05, 0.1) is 16.7 Å². The zero-order valence-corrected chi connectivity index (χ0v) is 22.3. The van der Waals surface area contributed by atoms with Gasteiger partial charge in [0, 0.05) is 0 Å². The minimum Gasteiger partial charge on any atom is -0.504 e. The van der Waals surface area contributed by atoms with Crippen molar-refractivity contribution >= 4 is 17.9 Å². The number of hydrogen-bond donors (Lipinski definition) is 11. The van der Waals surface area contributed by atoms with Crippen LogP contribution in [0.4, 0.5) is 0 Å². The van der Waals surface area contributed by atoms with Gasteiger partial charge in [0.1, 0.15) is 18.8 Å². The minimum absolute atomic E-state index is 0.474. The average Bonchev–Trinajstić information content (AvgIpc) is 2.99. The summed E-state index contributed by atoms with van der Waals surface area (Å²) in [5.74, 6) is -12.3. The molecule has 1 aliphatic heterocycles. The second-order valence-electron chi connectivity index (χ2n) is 9.49. The number of aromatic hydroxyl groups is 9. The molecule has 4 rings (SSSR count). The van der Waals surface area contributed by atoms with Crippen LogP contribution < -0.4 is 0 Å². The summed E-state index contributed by atoms with van der Waals surface area (Å²) in [6.07, 6.45) is -10.2. The normalized spacial score (nSPS) is 21.1. The van der Waals surface area contributed by atoms with Crippen LogP contribution in [0.3, 0.4) is 0 Å². The Hall–Kier alpha value is -5.85. The van der Waals surface area contributed by atoms with E-state index in [1.54, 1.807) is 0 Å². The molecule has 0 spiro atoms. The van der Waals surface area contributed by atoms with Crippen molar-refractivity contribution < 1.29 is 89.5 Å². The average molecular weight is 636 g/mol. The summed E-state index contributed by atoms with van der Waals surface area (Å²) in [5, 5.41) is 108. The maximum Gasteiger partial charge on any atom is 0.340 e. The van der Waals surface area contributed by atoms with Gasteiger partial charge in [0.2, 0.25) is 6.29 Å². The van der Waals surface area contributed by atoms with Crippen molar-refractivity contribution in [1.29, 1.82) is 0 Å². The molecule has 0 unspecified atom stereocenters. The lowest BCUT2D eigenvalue weighted by atomic mass is 9.98. The second kappa shape index (κ2) is 12.4. The first-order valence-corrected chi connectivity index (χ1v) is 12.4. The summed E-state index contributed by atoms with van der Waals surface area (Å²) in [4.78, 5) is 38.1. The van der Waals surface area contributed by atoms with Crippen LogP contribution in [0, 0.1) is 0 Å². The molecular weight excluding hydrogens is 612 g/mol. The number of esters is 3. The van der Waals surface area contributed by atoms with E-state index in [1.807, 2.05) is 0 Å². The molecular formula is C27H24O18. The molecule has 3 aromatic carbocycles. The van der Waals surface area contributed by atoms with Crippen molar-refractivity contribution in [3.63, 3.8) is 0 Å². The predicted octanol–water partition coefficient (Wildman–Crippen LogP) is -0.277. The van der Waals surface area contributed by atoms with Crippen LogP contribution in [0.5, 0.6) is 51.7 Å². The number of aliphatic hydroxyl groups is 2. The summed E-state index contributed by atoms with van der Waals surface area (Å²) >= 11 is 0. The van der Waals surface area contributed by atoms with Crippen LogP contribution >= 0.6 is 0 Å². The van der Waals surface area contributed by atoms with Gasteiger partial charge < -0.3 is 75.1 Å². The first kappa shape index (κ1) is 32.1. The van der Waals surface area contributed by atoms with E-state index in [2.05, 4.69) is 0 Å². The molecule has 0 radical (unpaired) electrons. The van der Waals surface area contributed by atoms with E-state index in [-0.39, 0.29) is 0 Å². The quantitative estimate of drug-likeness (QED) is 0.0902. The van der Waals surface area contributed by atoms with Crippen molar-refractivity contribution in [2.24, 2.45) is 0 Å². The summed E-state index contributed by atoms with van der Waals surface area (Å²) < 4.78 is 20.6. The Labute approximate surface area is 249 Å². The van der Waals surface area contributed by atoms with E-state index < -0.39 is 124 Å². The van der Waals surface area contributed by atoms with Crippen LogP contribution in [0.25, 0.3) is 0 Å². The first-order valence-electron chi connectivity index (χ1n) is 12.4. The largest absolute Gasteiger partial charge is 0.504 e. The molecule has 0 saturated carbocycles. The Kier molecular flexibility index (Phi) is 8.84. The van der Waals surface area contributed by atoms with Gasteiger partial charge in [0.15, 0.2) is 64.0 Å². The van der Waals surface area contributed by atoms with Gasteiger partial charge >= 0.3 is 17.9 Å². The van der Waals surface area contributed by atoms with Crippen molar-refractivity contribution in [2.45, 2.75) is 30.7 Å². The van der Waals surface area contributed by atoms with Gasteiger partial charge in [-0.05, 0) is 36.4 Å². The maximum atomic E-state index is 12.8. The van der Waals surface area contributed by atoms with Crippen LogP contribution in [0.15, 0.2) is 36.4 Å². The molecule has 1 aliphatic rings. The number of aliphatic hydroxyl groups excluding tert-OH is 2. The second-order valence-corrected chi connectivity index (χ2v) is 9.49. The molecule has 5 atom stereocenters. The van der Waals surface area contributed by atoms with Crippen molar-refractivity contribution in [3.05, 3.63) is 53.1 Å². The Morgan fingerprint density at radius 3 is 1.31 bits per heavy atom. The monoisotopic (exact) mass is 636 g/mol. The number of carbonyl (C=O) groups excluding carboxylic acids is 3. The van der Waals surface area contributed by atoms with E-state index in [1.165, 1.54) is 0 Å².